The summed E-state index contributed by atoms with van der Waals surface area (Å²) in [7, 11) is 0. The van der Waals surface area contributed by atoms with Gasteiger partial charge in [-0.1, -0.05) is 11.8 Å². The van der Waals surface area contributed by atoms with E-state index in [1.165, 1.54) is 41.2 Å². The lowest BCUT2D eigenvalue weighted by molar-refractivity contribution is -0.274. The molecule has 0 atom stereocenters. The number of benzene rings is 2. The lowest BCUT2D eigenvalue weighted by atomic mass is 10.1. The van der Waals surface area contributed by atoms with Crippen LogP contribution in [0.4, 0.5) is 13.2 Å². The summed E-state index contributed by atoms with van der Waals surface area (Å²) in [6, 6.07) is 10.5. The Labute approximate surface area is 190 Å². The first-order valence-corrected chi connectivity index (χ1v) is 10.6. The maximum absolute atomic E-state index is 13.0. The molecule has 1 N–H and O–H groups in total. The van der Waals surface area contributed by atoms with Crippen LogP contribution in [-0.2, 0) is 6.54 Å². The van der Waals surface area contributed by atoms with Crippen molar-refractivity contribution < 1.29 is 23.0 Å². The lowest BCUT2D eigenvalue weighted by Crippen LogP contribution is -2.25. The third kappa shape index (κ3) is 5.55. The molecule has 0 radical (unpaired) electrons. The van der Waals surface area contributed by atoms with E-state index in [1.54, 1.807) is 32.3 Å². The normalized spacial score (nSPS) is 12.3. The van der Waals surface area contributed by atoms with Crippen molar-refractivity contribution in [3.63, 3.8) is 0 Å². The summed E-state index contributed by atoms with van der Waals surface area (Å²) in [5.41, 5.74) is 0.776. The number of aromatic nitrogens is 4. The molecule has 172 valence electrons. The number of fused-ring (bicyclic) bond motifs is 1. The molecular formula is C22H19F3N4O3S. The number of imidazole rings is 1. The topological polar surface area (TPSA) is 82.2 Å². The number of aliphatic hydroxyl groups is 1. The summed E-state index contributed by atoms with van der Waals surface area (Å²) >= 11 is 1.04. The minimum absolute atomic E-state index is 0.162. The van der Waals surface area contributed by atoms with Gasteiger partial charge < -0.3 is 14.4 Å². The molecule has 11 heteroatoms. The van der Waals surface area contributed by atoms with Gasteiger partial charge in [0.2, 0.25) is 0 Å². The monoisotopic (exact) mass is 476 g/mol. The molecule has 0 unspecified atom stereocenters. The quantitative estimate of drug-likeness (QED) is 0.444. The summed E-state index contributed by atoms with van der Waals surface area (Å²) in [5, 5.41) is 10.2. The predicted octanol–water partition coefficient (Wildman–Crippen LogP) is 4.40. The SMILES string of the molecule is CC(C)(O)Cn1cnc2cc(-n3ccnc(Sc4ccc(OC(F)(F)F)cc4)c3=O)ccc21. The summed E-state index contributed by atoms with van der Waals surface area (Å²) in [6.45, 7) is 3.78. The Morgan fingerprint density at radius 3 is 2.48 bits per heavy atom. The molecule has 4 aromatic rings. The summed E-state index contributed by atoms with van der Waals surface area (Å²) in [4.78, 5) is 22.0. The minimum Gasteiger partial charge on any atom is -0.406 e. The highest BCUT2D eigenvalue weighted by molar-refractivity contribution is 7.99. The van der Waals surface area contributed by atoms with Crippen LogP contribution in [0.2, 0.25) is 0 Å². The highest BCUT2D eigenvalue weighted by Gasteiger charge is 2.31. The van der Waals surface area contributed by atoms with Gasteiger partial charge in [0.05, 0.1) is 35.2 Å². The number of ether oxygens (including phenoxy) is 1. The molecule has 0 amide bonds. The van der Waals surface area contributed by atoms with Gasteiger partial charge in [0.1, 0.15) is 5.75 Å². The van der Waals surface area contributed by atoms with Gasteiger partial charge in [-0.3, -0.25) is 9.36 Å². The van der Waals surface area contributed by atoms with E-state index in [0.29, 0.717) is 22.6 Å². The van der Waals surface area contributed by atoms with Crippen LogP contribution in [-0.4, -0.2) is 36.2 Å². The van der Waals surface area contributed by atoms with Crippen LogP contribution >= 0.6 is 11.8 Å². The molecule has 4 rings (SSSR count). The minimum atomic E-state index is -4.77. The molecular weight excluding hydrogens is 457 g/mol. The molecule has 2 heterocycles. The molecule has 2 aromatic heterocycles. The largest absolute Gasteiger partial charge is 0.573 e. The zero-order valence-corrected chi connectivity index (χ0v) is 18.4. The zero-order valence-electron chi connectivity index (χ0n) is 17.6. The average molecular weight is 476 g/mol. The van der Waals surface area contributed by atoms with Crippen LogP contribution in [0.3, 0.4) is 0 Å². The van der Waals surface area contributed by atoms with Crippen molar-refractivity contribution in [3.8, 4) is 11.4 Å². The van der Waals surface area contributed by atoms with Gasteiger partial charge in [0.25, 0.3) is 5.56 Å². The van der Waals surface area contributed by atoms with E-state index in [1.807, 2.05) is 10.6 Å². The highest BCUT2D eigenvalue weighted by Crippen LogP contribution is 2.28. The van der Waals surface area contributed by atoms with E-state index in [-0.39, 0.29) is 16.3 Å². The fourth-order valence-corrected chi connectivity index (χ4v) is 4.03. The van der Waals surface area contributed by atoms with Gasteiger partial charge >= 0.3 is 6.36 Å². The average Bonchev–Trinajstić information content (AvgIpc) is 3.10. The fourth-order valence-electron chi connectivity index (χ4n) is 3.23. The Morgan fingerprint density at radius 1 is 1.09 bits per heavy atom. The highest BCUT2D eigenvalue weighted by atomic mass is 32.2. The second kappa shape index (κ2) is 8.56. The number of halogens is 3. The third-order valence-corrected chi connectivity index (χ3v) is 5.50. The standard InChI is InChI=1S/C22H19F3N4O3S/c1-21(2,31)12-28-13-27-17-11-14(3-8-18(17)28)29-10-9-26-19(20(29)30)33-16-6-4-15(5-7-16)32-22(23,24)25/h3-11,13,31H,12H2,1-2H3. The number of nitrogens with zero attached hydrogens (tertiary/aromatic N) is 4. The van der Waals surface area contributed by atoms with Crippen molar-refractivity contribution >= 4 is 22.8 Å². The Bertz CT molecular complexity index is 1340. The fraction of sp³-hybridized carbons (Fsp3) is 0.227. The van der Waals surface area contributed by atoms with Crippen LogP contribution < -0.4 is 10.3 Å². The van der Waals surface area contributed by atoms with Crippen molar-refractivity contribution in [2.24, 2.45) is 0 Å². The van der Waals surface area contributed by atoms with Crippen LogP contribution in [0.5, 0.6) is 5.75 Å². The summed E-state index contributed by atoms with van der Waals surface area (Å²) in [6.07, 6.45) is -0.132. The Hall–Kier alpha value is -3.31. The van der Waals surface area contributed by atoms with Gasteiger partial charge in [-0.15, -0.1) is 13.2 Å². The second-order valence-corrected chi connectivity index (χ2v) is 8.95. The van der Waals surface area contributed by atoms with E-state index in [2.05, 4.69) is 14.7 Å². The maximum Gasteiger partial charge on any atom is 0.573 e. The lowest BCUT2D eigenvalue weighted by Gasteiger charge is -2.18. The number of hydrogen-bond acceptors (Lipinski definition) is 6. The van der Waals surface area contributed by atoms with Gasteiger partial charge in [-0.25, -0.2) is 9.97 Å². The van der Waals surface area contributed by atoms with E-state index in [0.717, 1.165) is 17.3 Å². The van der Waals surface area contributed by atoms with Crippen LogP contribution in [0.25, 0.3) is 16.7 Å². The molecule has 0 spiro atoms. The van der Waals surface area contributed by atoms with Gasteiger partial charge in [0.15, 0.2) is 5.03 Å². The van der Waals surface area contributed by atoms with Crippen LogP contribution in [0, 0.1) is 0 Å². The van der Waals surface area contributed by atoms with Crippen LogP contribution in [0.15, 0.2) is 75.9 Å². The molecule has 0 fully saturated rings. The molecule has 7 nitrogen and oxygen atoms in total. The number of hydrogen-bond donors (Lipinski definition) is 1. The predicted molar refractivity (Wildman–Crippen MR) is 117 cm³/mol. The van der Waals surface area contributed by atoms with E-state index in [4.69, 9.17) is 0 Å². The second-order valence-electron chi connectivity index (χ2n) is 7.89. The molecule has 0 bridgehead atoms. The van der Waals surface area contributed by atoms with Crippen molar-refractivity contribution in [1.82, 2.24) is 19.1 Å². The molecule has 0 aliphatic rings. The van der Waals surface area contributed by atoms with E-state index < -0.39 is 12.0 Å². The molecule has 0 saturated heterocycles. The first-order chi connectivity index (χ1) is 15.5. The van der Waals surface area contributed by atoms with Crippen molar-refractivity contribution in [2.45, 2.75) is 42.3 Å². The van der Waals surface area contributed by atoms with Crippen molar-refractivity contribution in [3.05, 3.63) is 71.5 Å². The number of rotatable bonds is 6. The summed E-state index contributed by atoms with van der Waals surface area (Å²) < 4.78 is 44.1. The molecule has 2 aromatic carbocycles. The maximum atomic E-state index is 13.0. The molecule has 33 heavy (non-hydrogen) atoms. The molecule has 0 saturated carbocycles. The Kier molecular flexibility index (Phi) is 5.93. The first-order valence-electron chi connectivity index (χ1n) is 9.77. The van der Waals surface area contributed by atoms with E-state index in [9.17, 15) is 23.1 Å². The Morgan fingerprint density at radius 2 is 1.82 bits per heavy atom. The zero-order chi connectivity index (χ0) is 23.8. The van der Waals surface area contributed by atoms with Crippen molar-refractivity contribution in [1.29, 1.82) is 0 Å². The number of alkyl halides is 3. The van der Waals surface area contributed by atoms with Crippen LogP contribution in [0.1, 0.15) is 13.8 Å². The first kappa shape index (κ1) is 22.9. The third-order valence-electron chi connectivity index (χ3n) is 4.52. The summed E-state index contributed by atoms with van der Waals surface area (Å²) in [5.74, 6) is -0.345. The van der Waals surface area contributed by atoms with Gasteiger partial charge in [-0.2, -0.15) is 0 Å². The van der Waals surface area contributed by atoms with Crippen molar-refractivity contribution in [2.75, 3.05) is 0 Å². The molecule has 0 aliphatic carbocycles. The van der Waals surface area contributed by atoms with E-state index >= 15 is 0 Å². The van der Waals surface area contributed by atoms with Gasteiger partial charge in [0, 0.05) is 17.3 Å². The Balaban J connectivity index is 1.59. The molecule has 0 aliphatic heterocycles. The smallest absolute Gasteiger partial charge is 0.406 e. The van der Waals surface area contributed by atoms with Gasteiger partial charge in [-0.05, 0) is 56.3 Å².